The summed E-state index contributed by atoms with van der Waals surface area (Å²) in [4.78, 5) is 0. The summed E-state index contributed by atoms with van der Waals surface area (Å²) < 4.78 is 0. The molecule has 2 atom stereocenters. The molecule has 0 aromatic carbocycles. The van der Waals surface area contributed by atoms with Crippen LogP contribution in [0.4, 0.5) is 0 Å². The van der Waals surface area contributed by atoms with Gasteiger partial charge in [-0.15, -0.1) is 0 Å². The van der Waals surface area contributed by atoms with Gasteiger partial charge in [-0.2, -0.15) is 0 Å². The fourth-order valence-electron chi connectivity index (χ4n) is 2.40. The molecule has 0 aliphatic heterocycles. The molecule has 0 rings (SSSR count). The first-order valence-electron chi connectivity index (χ1n) is 7.32. The van der Waals surface area contributed by atoms with Crippen LogP contribution in [0.25, 0.3) is 0 Å². The highest BCUT2D eigenvalue weighted by atomic mass is 14.8. The molecule has 0 saturated carbocycles. The highest BCUT2D eigenvalue weighted by Gasteiger charge is 2.12. The van der Waals surface area contributed by atoms with Gasteiger partial charge in [0.25, 0.3) is 0 Å². The third-order valence-corrected chi connectivity index (χ3v) is 3.80. The van der Waals surface area contributed by atoms with E-state index in [9.17, 15) is 0 Å². The van der Waals surface area contributed by atoms with Crippen molar-refractivity contribution < 1.29 is 0 Å². The van der Waals surface area contributed by atoms with Crippen LogP contribution in [0.15, 0.2) is 0 Å². The Bertz CT molecular complexity index is 142. The zero-order valence-electron chi connectivity index (χ0n) is 12.2. The van der Waals surface area contributed by atoms with Crippen LogP contribution in [0.3, 0.4) is 0 Å². The first kappa shape index (κ1) is 16.0. The maximum atomic E-state index is 3.40. The molecule has 0 bridgehead atoms. The summed E-state index contributed by atoms with van der Waals surface area (Å²) in [6.45, 7) is 14.0. The Morgan fingerprint density at radius 1 is 0.938 bits per heavy atom. The standard InChI is InChI=1S/C15H33N/c1-6-15(13(3)4)11-10-14(5)9-8-12-16-7-2/h13-16H,6-12H2,1-5H3. The zero-order valence-corrected chi connectivity index (χ0v) is 12.2. The molecule has 0 saturated heterocycles. The minimum atomic E-state index is 0.860. The van der Waals surface area contributed by atoms with E-state index in [-0.39, 0.29) is 0 Å². The van der Waals surface area contributed by atoms with Crippen molar-refractivity contribution in [3.05, 3.63) is 0 Å². The van der Waals surface area contributed by atoms with Crippen LogP contribution >= 0.6 is 0 Å². The van der Waals surface area contributed by atoms with Crippen LogP contribution < -0.4 is 5.32 Å². The lowest BCUT2D eigenvalue weighted by Gasteiger charge is -2.21. The van der Waals surface area contributed by atoms with Gasteiger partial charge in [0.15, 0.2) is 0 Å². The molecule has 1 nitrogen and oxygen atoms in total. The van der Waals surface area contributed by atoms with Gasteiger partial charge in [-0.1, -0.05) is 47.5 Å². The summed E-state index contributed by atoms with van der Waals surface area (Å²) in [6.07, 6.45) is 6.93. The molecule has 98 valence electrons. The van der Waals surface area contributed by atoms with E-state index in [1.165, 1.54) is 38.6 Å². The van der Waals surface area contributed by atoms with Gasteiger partial charge in [-0.25, -0.2) is 0 Å². The van der Waals surface area contributed by atoms with Crippen molar-refractivity contribution in [2.24, 2.45) is 17.8 Å². The molecule has 0 amide bonds. The van der Waals surface area contributed by atoms with E-state index in [1.54, 1.807) is 0 Å². The fraction of sp³-hybridized carbons (Fsp3) is 1.00. The molecule has 0 fully saturated rings. The Morgan fingerprint density at radius 2 is 1.62 bits per heavy atom. The summed E-state index contributed by atoms with van der Waals surface area (Å²) >= 11 is 0. The summed E-state index contributed by atoms with van der Waals surface area (Å²) in [7, 11) is 0. The van der Waals surface area contributed by atoms with E-state index in [4.69, 9.17) is 0 Å². The second-order valence-corrected chi connectivity index (χ2v) is 5.59. The fourth-order valence-corrected chi connectivity index (χ4v) is 2.40. The van der Waals surface area contributed by atoms with Crippen LogP contribution in [0, 0.1) is 17.8 Å². The van der Waals surface area contributed by atoms with Crippen molar-refractivity contribution in [3.63, 3.8) is 0 Å². The quantitative estimate of drug-likeness (QED) is 0.543. The first-order chi connectivity index (χ1) is 7.61. The molecule has 0 spiro atoms. The lowest BCUT2D eigenvalue weighted by atomic mass is 9.85. The molecule has 0 aliphatic rings. The van der Waals surface area contributed by atoms with Crippen LogP contribution in [0.2, 0.25) is 0 Å². The second kappa shape index (κ2) is 10.1. The first-order valence-corrected chi connectivity index (χ1v) is 7.32. The van der Waals surface area contributed by atoms with Gasteiger partial charge in [0, 0.05) is 0 Å². The van der Waals surface area contributed by atoms with Gasteiger partial charge in [0.1, 0.15) is 0 Å². The van der Waals surface area contributed by atoms with Crippen LogP contribution in [-0.2, 0) is 0 Å². The molecule has 0 aromatic heterocycles. The average Bonchev–Trinajstić information content (AvgIpc) is 2.25. The maximum Gasteiger partial charge on any atom is -0.00489 e. The van der Waals surface area contributed by atoms with E-state index >= 15 is 0 Å². The Hall–Kier alpha value is -0.0400. The summed E-state index contributed by atoms with van der Waals surface area (Å²) in [5, 5.41) is 3.40. The minimum Gasteiger partial charge on any atom is -0.317 e. The molecular formula is C15H33N. The molecule has 1 heteroatoms. The van der Waals surface area contributed by atoms with E-state index in [0.717, 1.165) is 24.3 Å². The smallest absolute Gasteiger partial charge is 0.00489 e. The zero-order chi connectivity index (χ0) is 12.4. The van der Waals surface area contributed by atoms with E-state index < -0.39 is 0 Å². The summed E-state index contributed by atoms with van der Waals surface area (Å²) in [5.41, 5.74) is 0. The van der Waals surface area contributed by atoms with Gasteiger partial charge < -0.3 is 5.32 Å². The van der Waals surface area contributed by atoms with E-state index in [2.05, 4.69) is 39.9 Å². The van der Waals surface area contributed by atoms with Crippen LogP contribution in [-0.4, -0.2) is 13.1 Å². The van der Waals surface area contributed by atoms with Crippen molar-refractivity contribution >= 4 is 0 Å². The van der Waals surface area contributed by atoms with Gasteiger partial charge >= 0.3 is 0 Å². The molecule has 0 aliphatic carbocycles. The third kappa shape index (κ3) is 8.15. The lowest BCUT2D eigenvalue weighted by molar-refractivity contribution is 0.310. The van der Waals surface area contributed by atoms with Gasteiger partial charge in [-0.3, -0.25) is 0 Å². The number of rotatable bonds is 10. The normalized spacial score (nSPS) is 15.4. The molecule has 2 unspecified atom stereocenters. The SMILES string of the molecule is CCNCCCC(C)CCC(CC)C(C)C. The van der Waals surface area contributed by atoms with E-state index in [1.807, 2.05) is 0 Å². The number of nitrogens with one attached hydrogen (secondary N) is 1. The van der Waals surface area contributed by atoms with Crippen molar-refractivity contribution in [2.45, 2.75) is 66.7 Å². The van der Waals surface area contributed by atoms with Crippen molar-refractivity contribution in [1.29, 1.82) is 0 Å². The average molecular weight is 227 g/mol. The molecular weight excluding hydrogens is 194 g/mol. The van der Waals surface area contributed by atoms with Gasteiger partial charge in [-0.05, 0) is 50.1 Å². The molecule has 0 heterocycles. The van der Waals surface area contributed by atoms with Crippen molar-refractivity contribution in [2.75, 3.05) is 13.1 Å². The Morgan fingerprint density at radius 3 is 2.12 bits per heavy atom. The number of hydrogen-bond acceptors (Lipinski definition) is 1. The highest BCUT2D eigenvalue weighted by molar-refractivity contribution is 4.64. The third-order valence-electron chi connectivity index (χ3n) is 3.80. The molecule has 16 heavy (non-hydrogen) atoms. The molecule has 0 radical (unpaired) electrons. The largest absolute Gasteiger partial charge is 0.317 e. The van der Waals surface area contributed by atoms with Crippen molar-refractivity contribution in [1.82, 2.24) is 5.32 Å². The predicted molar refractivity (Wildman–Crippen MR) is 74.8 cm³/mol. The molecule has 0 aromatic rings. The highest BCUT2D eigenvalue weighted by Crippen LogP contribution is 2.24. The lowest BCUT2D eigenvalue weighted by Crippen LogP contribution is -2.15. The second-order valence-electron chi connectivity index (χ2n) is 5.59. The molecule has 1 N–H and O–H groups in total. The topological polar surface area (TPSA) is 12.0 Å². The summed E-state index contributed by atoms with van der Waals surface area (Å²) in [6, 6.07) is 0. The Balaban J connectivity index is 3.51. The minimum absolute atomic E-state index is 0.860. The van der Waals surface area contributed by atoms with Gasteiger partial charge in [0.05, 0.1) is 0 Å². The van der Waals surface area contributed by atoms with Crippen molar-refractivity contribution in [3.8, 4) is 0 Å². The summed E-state index contributed by atoms with van der Waals surface area (Å²) in [5.74, 6) is 2.71. The Kier molecular flexibility index (Phi) is 10.1. The van der Waals surface area contributed by atoms with Crippen LogP contribution in [0.5, 0.6) is 0 Å². The predicted octanol–water partition coefficient (Wildman–Crippen LogP) is 4.47. The Labute approximate surface area is 103 Å². The van der Waals surface area contributed by atoms with Crippen LogP contribution in [0.1, 0.15) is 66.7 Å². The van der Waals surface area contributed by atoms with E-state index in [0.29, 0.717) is 0 Å². The van der Waals surface area contributed by atoms with Gasteiger partial charge in [0.2, 0.25) is 0 Å². The monoisotopic (exact) mass is 227 g/mol. The number of hydrogen-bond donors (Lipinski definition) is 1. The maximum absolute atomic E-state index is 3.40.